The summed E-state index contributed by atoms with van der Waals surface area (Å²) in [5.41, 5.74) is 0. The Hall–Kier alpha value is -0.578. The topological polar surface area (TPSA) is 112 Å². The van der Waals surface area contributed by atoms with Gasteiger partial charge in [0.05, 0.1) is 18.3 Å². The van der Waals surface area contributed by atoms with Crippen molar-refractivity contribution >= 4 is 17.3 Å². The van der Waals surface area contributed by atoms with Crippen LogP contribution in [-0.2, 0) is 31.7 Å². The molecule has 0 aliphatic rings. The van der Waals surface area contributed by atoms with Crippen LogP contribution in [0.5, 0.6) is 0 Å². The molecule has 0 fully saturated rings. The molecule has 22 heavy (non-hydrogen) atoms. The summed E-state index contributed by atoms with van der Waals surface area (Å²) < 4.78 is 0. The number of Topliss-reactive ketones (excluding diaryl/α,β-unsaturated/α-hetero) is 3. The number of aliphatic hydroxyl groups excluding tert-OH is 3. The quantitative estimate of drug-likeness (QED) is 0.654. The van der Waals surface area contributed by atoms with E-state index in [0.717, 1.165) is 0 Å². The molecule has 0 aliphatic heterocycles. The van der Waals surface area contributed by atoms with Gasteiger partial charge in [0, 0.05) is 36.6 Å². The van der Waals surface area contributed by atoms with Crippen LogP contribution in [0.15, 0.2) is 0 Å². The maximum absolute atomic E-state index is 10.1. The summed E-state index contributed by atoms with van der Waals surface area (Å²) in [6.45, 7) is 9.19. The van der Waals surface area contributed by atoms with Gasteiger partial charge in [0.2, 0.25) is 0 Å². The molecule has 6 nitrogen and oxygen atoms in total. The minimum atomic E-state index is -0.475. The summed E-state index contributed by atoms with van der Waals surface area (Å²) in [5, 5.41) is 25.5. The molecule has 3 atom stereocenters. The Labute approximate surface area is 144 Å². The molecule has 0 radical (unpaired) electrons. The Morgan fingerprint density at radius 1 is 0.636 bits per heavy atom. The van der Waals surface area contributed by atoms with E-state index >= 15 is 0 Å². The second-order valence-corrected chi connectivity index (χ2v) is 5.27. The van der Waals surface area contributed by atoms with Crippen molar-refractivity contribution in [1.29, 1.82) is 0 Å². The third kappa shape index (κ3) is 50.5. The van der Waals surface area contributed by atoms with E-state index in [1.54, 1.807) is 20.8 Å². The number of ketones is 3. The molecule has 0 spiro atoms. The van der Waals surface area contributed by atoms with Gasteiger partial charge in [-0.2, -0.15) is 0 Å². The Balaban J connectivity index is -0.000000108. The Morgan fingerprint density at radius 3 is 0.773 bits per heavy atom. The predicted molar refractivity (Wildman–Crippen MR) is 80.9 cm³/mol. The van der Waals surface area contributed by atoms with Crippen LogP contribution >= 0.6 is 0 Å². The second-order valence-electron chi connectivity index (χ2n) is 5.27. The van der Waals surface area contributed by atoms with E-state index in [4.69, 9.17) is 15.3 Å². The second kappa shape index (κ2) is 18.5. The van der Waals surface area contributed by atoms with Crippen molar-refractivity contribution in [2.45, 2.75) is 79.1 Å². The van der Waals surface area contributed by atoms with Crippen LogP contribution in [0.3, 0.4) is 0 Å². The van der Waals surface area contributed by atoms with E-state index in [1.165, 1.54) is 20.8 Å². The summed E-state index contributed by atoms with van der Waals surface area (Å²) >= 11 is 0. The zero-order valence-electron chi connectivity index (χ0n) is 14.3. The molecule has 0 bridgehead atoms. The van der Waals surface area contributed by atoms with Crippen LogP contribution in [0.25, 0.3) is 0 Å². The average molecular weight is 358 g/mol. The van der Waals surface area contributed by atoms with Gasteiger partial charge in [0.25, 0.3) is 0 Å². The van der Waals surface area contributed by atoms with Gasteiger partial charge in [-0.15, -0.1) is 0 Å². The fourth-order valence-corrected chi connectivity index (χ4v) is 1.25. The number of carbonyl (C=O) groups is 3. The van der Waals surface area contributed by atoms with Gasteiger partial charge in [-0.05, 0) is 41.5 Å². The monoisotopic (exact) mass is 358 g/mol. The van der Waals surface area contributed by atoms with Crippen LogP contribution < -0.4 is 0 Å². The molecular formula is C15H30CrO6. The molecular weight excluding hydrogens is 328 g/mol. The van der Waals surface area contributed by atoms with E-state index < -0.39 is 18.3 Å². The zero-order chi connectivity index (χ0) is 17.6. The number of rotatable bonds is 6. The third-order valence-electron chi connectivity index (χ3n) is 1.75. The molecule has 0 aliphatic carbocycles. The minimum Gasteiger partial charge on any atom is -0.393 e. The van der Waals surface area contributed by atoms with Gasteiger partial charge in [0.15, 0.2) is 0 Å². The molecule has 0 rings (SSSR count). The van der Waals surface area contributed by atoms with Gasteiger partial charge in [-0.1, -0.05) is 0 Å². The number of carbonyl (C=O) groups excluding carboxylic acids is 3. The molecule has 7 heteroatoms. The summed E-state index contributed by atoms with van der Waals surface area (Å²) in [6, 6.07) is 0. The fourth-order valence-electron chi connectivity index (χ4n) is 1.25. The minimum absolute atomic E-state index is 0. The van der Waals surface area contributed by atoms with Crippen LogP contribution in [-0.4, -0.2) is 51.0 Å². The average Bonchev–Trinajstić information content (AvgIpc) is 2.10. The summed E-state index contributed by atoms with van der Waals surface area (Å²) in [4.78, 5) is 30.3. The van der Waals surface area contributed by atoms with Crippen LogP contribution in [0.2, 0.25) is 0 Å². The molecule has 0 saturated carbocycles. The standard InChI is InChI=1S/3C5H10O2.Cr/c3*1-4(6)3-5(2)7;/h3*4,6H,3H2,1-2H3;. The molecule has 0 saturated heterocycles. The summed E-state index contributed by atoms with van der Waals surface area (Å²) in [7, 11) is 0. The van der Waals surface area contributed by atoms with Crippen LogP contribution in [0.1, 0.15) is 60.8 Å². The third-order valence-corrected chi connectivity index (χ3v) is 1.75. The van der Waals surface area contributed by atoms with Crippen LogP contribution in [0, 0.1) is 0 Å². The molecule has 132 valence electrons. The summed E-state index contributed by atoms with van der Waals surface area (Å²) in [5.74, 6) is 0.111. The molecule has 0 aromatic rings. The molecule has 0 amide bonds. The smallest absolute Gasteiger partial charge is 0.132 e. The van der Waals surface area contributed by atoms with E-state index in [0.29, 0.717) is 0 Å². The zero-order valence-corrected chi connectivity index (χ0v) is 15.6. The first kappa shape index (κ1) is 29.4. The van der Waals surface area contributed by atoms with Crippen molar-refractivity contribution < 1.29 is 47.1 Å². The van der Waals surface area contributed by atoms with Gasteiger partial charge >= 0.3 is 0 Å². The summed E-state index contributed by atoms with van der Waals surface area (Å²) in [6.07, 6.45) is -0.590. The van der Waals surface area contributed by atoms with E-state index in [9.17, 15) is 14.4 Å². The van der Waals surface area contributed by atoms with Crippen LogP contribution in [0.4, 0.5) is 0 Å². The SMILES string of the molecule is CC(=O)CC(C)O.CC(=O)CC(C)O.CC(=O)CC(C)O.[Cr]. The molecule has 3 unspecified atom stereocenters. The molecule has 0 aromatic heterocycles. The maximum atomic E-state index is 10.1. The predicted octanol–water partition coefficient (Wildman–Crippen LogP) is 1.04. The molecule has 0 heterocycles. The number of hydrogen-bond acceptors (Lipinski definition) is 6. The maximum Gasteiger partial charge on any atom is 0.132 e. The largest absolute Gasteiger partial charge is 0.393 e. The Morgan fingerprint density at radius 2 is 0.773 bits per heavy atom. The van der Waals surface area contributed by atoms with E-state index in [2.05, 4.69) is 0 Å². The van der Waals surface area contributed by atoms with Gasteiger partial charge < -0.3 is 15.3 Å². The van der Waals surface area contributed by atoms with E-state index in [1.807, 2.05) is 0 Å². The van der Waals surface area contributed by atoms with Gasteiger partial charge in [-0.3, -0.25) is 14.4 Å². The molecule has 0 aromatic carbocycles. The first-order chi connectivity index (χ1) is 9.38. The van der Waals surface area contributed by atoms with Gasteiger partial charge in [-0.25, -0.2) is 0 Å². The fraction of sp³-hybridized carbons (Fsp3) is 0.800. The number of aliphatic hydroxyl groups is 3. The molecule has 3 N–H and O–H groups in total. The Kier molecular flexibility index (Phi) is 24.7. The first-order valence-corrected chi connectivity index (χ1v) is 6.90. The first-order valence-electron chi connectivity index (χ1n) is 6.90. The number of hydrogen-bond donors (Lipinski definition) is 3. The van der Waals surface area contributed by atoms with Crippen molar-refractivity contribution in [2.75, 3.05) is 0 Å². The van der Waals surface area contributed by atoms with Crippen molar-refractivity contribution in [3.63, 3.8) is 0 Å². The van der Waals surface area contributed by atoms with E-state index in [-0.39, 0.29) is 54.0 Å². The Bertz CT molecular complexity index is 253. The van der Waals surface area contributed by atoms with Crippen molar-refractivity contribution in [1.82, 2.24) is 0 Å². The normalized spacial score (nSPS) is 13.0. The van der Waals surface area contributed by atoms with Crippen molar-refractivity contribution in [3.8, 4) is 0 Å². The van der Waals surface area contributed by atoms with Crippen molar-refractivity contribution in [2.24, 2.45) is 0 Å². The van der Waals surface area contributed by atoms with Crippen molar-refractivity contribution in [3.05, 3.63) is 0 Å². The van der Waals surface area contributed by atoms with Gasteiger partial charge in [0.1, 0.15) is 17.3 Å².